The average molecular weight is 350 g/mol. The zero-order valence-electron chi connectivity index (χ0n) is 12.8. The van der Waals surface area contributed by atoms with E-state index in [0.29, 0.717) is 23.4 Å². The highest BCUT2D eigenvalue weighted by atomic mass is 35.5. The van der Waals surface area contributed by atoms with E-state index in [0.717, 1.165) is 5.56 Å². The van der Waals surface area contributed by atoms with Crippen LogP contribution in [0.1, 0.15) is 11.1 Å². The predicted molar refractivity (Wildman–Crippen MR) is 97.8 cm³/mol. The normalized spacial score (nSPS) is 11.8. The van der Waals surface area contributed by atoms with E-state index >= 15 is 0 Å². The summed E-state index contributed by atoms with van der Waals surface area (Å²) in [7, 11) is 0. The summed E-state index contributed by atoms with van der Waals surface area (Å²) in [5.74, 6) is -0.286. The lowest BCUT2D eigenvalue weighted by Crippen LogP contribution is -2.21. The van der Waals surface area contributed by atoms with Gasteiger partial charge in [0, 0.05) is 29.4 Å². The summed E-state index contributed by atoms with van der Waals surface area (Å²) >= 11 is 0. The van der Waals surface area contributed by atoms with Crippen LogP contribution in [-0.2, 0) is 11.2 Å². The van der Waals surface area contributed by atoms with Gasteiger partial charge in [-0.15, -0.1) is 12.4 Å². The summed E-state index contributed by atoms with van der Waals surface area (Å²) in [5.41, 5.74) is 13.4. The van der Waals surface area contributed by atoms with Gasteiger partial charge in [0.15, 0.2) is 0 Å². The second-order valence-corrected chi connectivity index (χ2v) is 5.11. The maximum atomic E-state index is 11.9. The van der Waals surface area contributed by atoms with E-state index < -0.39 is 6.23 Å². The number of nitrogens with two attached hydrogens (primary N) is 2. The number of carbonyl (C=O) groups excluding carboxylic acids is 1. The number of nitrogen functional groups attached to an aromatic ring is 1. The van der Waals surface area contributed by atoms with Gasteiger partial charge < -0.3 is 27.0 Å². The lowest BCUT2D eigenvalue weighted by molar-refractivity contribution is -0.111. The molecular weight excluding hydrogens is 330 g/mol. The van der Waals surface area contributed by atoms with E-state index in [1.807, 2.05) is 0 Å². The van der Waals surface area contributed by atoms with Crippen LogP contribution in [0.2, 0.25) is 0 Å². The second-order valence-electron chi connectivity index (χ2n) is 5.11. The molecule has 0 fully saturated rings. The van der Waals surface area contributed by atoms with Gasteiger partial charge >= 0.3 is 0 Å². The number of hydrogen-bond acceptors (Lipinski definition) is 5. The molecular formula is C17H20ClN3O3. The highest BCUT2D eigenvalue weighted by molar-refractivity contribution is 6.02. The molecule has 128 valence electrons. The van der Waals surface area contributed by atoms with E-state index in [2.05, 4.69) is 5.32 Å². The first-order chi connectivity index (χ1) is 10.9. The Morgan fingerprint density at radius 2 is 1.88 bits per heavy atom. The molecule has 7 N–H and O–H groups in total. The molecule has 1 atom stereocenters. The first-order valence-electron chi connectivity index (χ1n) is 7.04. The van der Waals surface area contributed by atoms with Crippen molar-refractivity contribution >= 4 is 35.8 Å². The fourth-order valence-corrected chi connectivity index (χ4v) is 2.02. The van der Waals surface area contributed by atoms with Crippen LogP contribution < -0.4 is 16.8 Å². The van der Waals surface area contributed by atoms with Gasteiger partial charge in [-0.2, -0.15) is 0 Å². The number of hydrogen-bond donors (Lipinski definition) is 5. The van der Waals surface area contributed by atoms with Crippen LogP contribution in [0.4, 0.5) is 11.4 Å². The fraction of sp³-hybridized carbons (Fsp3) is 0.118. The monoisotopic (exact) mass is 349 g/mol. The highest BCUT2D eigenvalue weighted by Crippen LogP contribution is 2.21. The van der Waals surface area contributed by atoms with Crippen LogP contribution in [-0.4, -0.2) is 22.3 Å². The third-order valence-electron chi connectivity index (χ3n) is 3.13. The maximum Gasteiger partial charge on any atom is 0.248 e. The summed E-state index contributed by atoms with van der Waals surface area (Å²) < 4.78 is 0. The van der Waals surface area contributed by atoms with E-state index in [9.17, 15) is 9.90 Å². The van der Waals surface area contributed by atoms with Gasteiger partial charge in [0.1, 0.15) is 12.0 Å². The Bertz CT molecular complexity index is 716. The molecule has 2 aromatic rings. The number of rotatable bonds is 5. The van der Waals surface area contributed by atoms with Crippen LogP contribution in [0.5, 0.6) is 5.75 Å². The molecule has 6 nitrogen and oxygen atoms in total. The average Bonchev–Trinajstić information content (AvgIpc) is 2.50. The third-order valence-corrected chi connectivity index (χ3v) is 3.13. The van der Waals surface area contributed by atoms with Crippen LogP contribution >= 0.6 is 12.4 Å². The summed E-state index contributed by atoms with van der Waals surface area (Å²) in [6.45, 7) is 0. The number of halogens is 1. The molecule has 0 saturated carbocycles. The Hall–Kier alpha value is -2.54. The molecule has 0 aliphatic rings. The van der Waals surface area contributed by atoms with E-state index in [1.165, 1.54) is 18.2 Å². The molecule has 24 heavy (non-hydrogen) atoms. The highest BCUT2D eigenvalue weighted by Gasteiger charge is 2.02. The van der Waals surface area contributed by atoms with Gasteiger partial charge in [0.2, 0.25) is 5.91 Å². The molecule has 2 rings (SSSR count). The first-order valence-corrected chi connectivity index (χ1v) is 7.04. The van der Waals surface area contributed by atoms with Crippen LogP contribution in [0, 0.1) is 0 Å². The number of phenols is 1. The lowest BCUT2D eigenvalue weighted by Gasteiger charge is -2.06. The van der Waals surface area contributed by atoms with Crippen molar-refractivity contribution in [2.45, 2.75) is 12.6 Å². The van der Waals surface area contributed by atoms with Gasteiger partial charge in [0.25, 0.3) is 0 Å². The number of carbonyl (C=O) groups is 1. The van der Waals surface area contributed by atoms with Gasteiger partial charge in [-0.3, -0.25) is 4.79 Å². The molecule has 0 radical (unpaired) electrons. The van der Waals surface area contributed by atoms with Crippen molar-refractivity contribution in [1.82, 2.24) is 0 Å². The molecule has 0 aromatic heterocycles. The molecule has 0 aliphatic carbocycles. The third kappa shape index (κ3) is 5.92. The minimum atomic E-state index is -0.899. The minimum Gasteiger partial charge on any atom is -0.507 e. The largest absolute Gasteiger partial charge is 0.507 e. The molecule has 0 saturated heterocycles. The molecule has 0 aliphatic heterocycles. The van der Waals surface area contributed by atoms with Gasteiger partial charge in [-0.05, 0) is 42.0 Å². The molecule has 2 aromatic carbocycles. The zero-order valence-corrected chi connectivity index (χ0v) is 13.7. The summed E-state index contributed by atoms with van der Waals surface area (Å²) in [5, 5.41) is 21.5. The Morgan fingerprint density at radius 3 is 2.50 bits per heavy atom. The quantitative estimate of drug-likeness (QED) is 0.244. The lowest BCUT2D eigenvalue weighted by atomic mass is 10.1. The van der Waals surface area contributed by atoms with Crippen molar-refractivity contribution in [2.75, 3.05) is 11.1 Å². The Balaban J connectivity index is 0.00000288. The number of anilines is 2. The van der Waals surface area contributed by atoms with Crippen molar-refractivity contribution in [1.29, 1.82) is 0 Å². The first kappa shape index (κ1) is 19.5. The Morgan fingerprint density at radius 1 is 1.21 bits per heavy atom. The van der Waals surface area contributed by atoms with Crippen LogP contribution in [0.25, 0.3) is 6.08 Å². The number of phenolic OH excluding ortho intramolecular Hbond substituents is 1. The number of nitrogens with one attached hydrogen (secondary N) is 1. The van der Waals surface area contributed by atoms with Crippen LogP contribution in [0.15, 0.2) is 48.5 Å². The zero-order chi connectivity index (χ0) is 16.8. The molecule has 1 unspecified atom stereocenters. The topological polar surface area (TPSA) is 122 Å². The van der Waals surface area contributed by atoms with Crippen molar-refractivity contribution in [2.24, 2.45) is 5.73 Å². The van der Waals surface area contributed by atoms with E-state index in [-0.39, 0.29) is 24.1 Å². The number of aliphatic hydroxyl groups is 1. The number of aliphatic hydroxyl groups excluding tert-OH is 1. The number of amides is 1. The second kappa shape index (κ2) is 8.93. The maximum absolute atomic E-state index is 11.9. The Labute approximate surface area is 146 Å². The van der Waals surface area contributed by atoms with Gasteiger partial charge in [-0.1, -0.05) is 12.1 Å². The molecule has 0 bridgehead atoms. The van der Waals surface area contributed by atoms with Crippen molar-refractivity contribution < 1.29 is 15.0 Å². The van der Waals surface area contributed by atoms with Crippen molar-refractivity contribution in [3.05, 3.63) is 59.7 Å². The van der Waals surface area contributed by atoms with Crippen LogP contribution in [0.3, 0.4) is 0 Å². The summed E-state index contributed by atoms with van der Waals surface area (Å²) in [4.78, 5) is 11.9. The molecule has 1 amide bonds. The fourth-order valence-electron chi connectivity index (χ4n) is 2.02. The van der Waals surface area contributed by atoms with E-state index in [1.54, 1.807) is 36.4 Å². The standard InChI is InChI=1S/C17H19N3O3.ClH/c18-13-4-7-15(21)12(10-13)3-8-17(23)20-14-5-1-11(2-6-14)9-16(19)22;/h1-8,10,16,21-22H,9,18-19H2,(H,20,23);1H. The van der Waals surface area contributed by atoms with Gasteiger partial charge in [0.05, 0.1) is 0 Å². The van der Waals surface area contributed by atoms with Gasteiger partial charge in [-0.25, -0.2) is 0 Å². The molecule has 7 heteroatoms. The summed E-state index contributed by atoms with van der Waals surface area (Å²) in [6.07, 6.45) is 2.25. The summed E-state index contributed by atoms with van der Waals surface area (Å²) in [6, 6.07) is 11.6. The SMILES string of the molecule is Cl.Nc1ccc(O)c(C=CC(=O)Nc2ccc(CC(N)O)cc2)c1. The predicted octanol–water partition coefficient (Wildman–Crippen LogP) is 1.87. The molecule has 0 heterocycles. The van der Waals surface area contributed by atoms with Crippen molar-refractivity contribution in [3.8, 4) is 5.75 Å². The number of aromatic hydroxyl groups is 1. The number of benzene rings is 2. The molecule has 0 spiro atoms. The van der Waals surface area contributed by atoms with Crippen molar-refractivity contribution in [3.63, 3.8) is 0 Å². The Kier molecular flexibility index (Phi) is 7.26. The van der Waals surface area contributed by atoms with E-state index in [4.69, 9.17) is 16.6 Å². The minimum absolute atomic E-state index is 0. The smallest absolute Gasteiger partial charge is 0.248 e.